The molecule has 2 unspecified atom stereocenters. The van der Waals surface area contributed by atoms with E-state index in [-0.39, 0.29) is 78.3 Å². The first-order valence-electron chi connectivity index (χ1n) is 15.9. The summed E-state index contributed by atoms with van der Waals surface area (Å²) in [6, 6.07) is 12.3. The van der Waals surface area contributed by atoms with Gasteiger partial charge in [-0.3, -0.25) is 9.78 Å². The first kappa shape index (κ1) is 38.1. The first-order chi connectivity index (χ1) is 22.4. The number of esters is 2. The van der Waals surface area contributed by atoms with Crippen LogP contribution in [0.15, 0.2) is 76.7 Å². The number of aromatic nitrogens is 2. The second-order valence-electron chi connectivity index (χ2n) is 12.2. The summed E-state index contributed by atoms with van der Waals surface area (Å²) in [5, 5.41) is 13.2. The molecular formula is C37H43N4O6Zn-. The number of para-hydroxylation sites is 1. The number of anilines is 1. The number of aliphatic imine (C=N–C) groups is 1. The molecule has 2 aromatic heterocycles. The molecule has 0 radical (unpaired) electrons. The molecule has 1 aromatic carbocycles. The standard InChI is InChI=1S/C32H39N3O6.C5H5N.Zn/c1-8-40-31(38)26-19(5)23(34-28(26)22-11-9-10-12-25(22)37)15-24-20(6)27(30(35-24)33-21(7)36)32(39)41-29-17(3)13-16(2)14-18(29)4;1-2-4-6-5-3-1;/h9-12,15-18,29H,8,13-14H2,1-7H3,(H3,33,34,35,36,37,38,39);1-5H;/p-1. The number of rotatable bonds is 7. The smallest absolute Gasteiger partial charge is 0.340 e. The van der Waals surface area contributed by atoms with E-state index in [4.69, 9.17) is 9.47 Å². The van der Waals surface area contributed by atoms with E-state index in [9.17, 15) is 19.5 Å². The third-order valence-electron chi connectivity index (χ3n) is 8.35. The molecule has 250 valence electrons. The van der Waals surface area contributed by atoms with Crippen molar-refractivity contribution in [3.8, 4) is 5.75 Å². The second-order valence-corrected chi connectivity index (χ2v) is 12.2. The normalized spacial score (nSPS) is 21.0. The summed E-state index contributed by atoms with van der Waals surface area (Å²) in [6.45, 7) is 13.1. The number of amides is 1. The minimum Gasteiger partial charge on any atom is -0.507 e. The number of nitrogens with one attached hydrogen (secondary N) is 1. The number of ether oxygens (including phenoxy) is 2. The molecule has 1 saturated carbocycles. The van der Waals surface area contributed by atoms with E-state index in [0.29, 0.717) is 34.0 Å². The van der Waals surface area contributed by atoms with Crippen molar-refractivity contribution in [2.24, 2.45) is 22.7 Å². The van der Waals surface area contributed by atoms with Crippen LogP contribution in [0.4, 0.5) is 5.82 Å². The zero-order chi connectivity index (χ0) is 34.2. The number of phenols is 1. The Morgan fingerprint density at radius 2 is 1.65 bits per heavy atom. The molecule has 1 aliphatic heterocycles. The predicted molar refractivity (Wildman–Crippen MR) is 181 cm³/mol. The Morgan fingerprint density at radius 1 is 1.00 bits per heavy atom. The zero-order valence-electron chi connectivity index (χ0n) is 28.7. The average Bonchev–Trinajstić information content (AvgIpc) is 3.51. The van der Waals surface area contributed by atoms with Crippen molar-refractivity contribution in [3.63, 3.8) is 0 Å². The Labute approximate surface area is 294 Å². The van der Waals surface area contributed by atoms with Crippen LogP contribution >= 0.6 is 0 Å². The number of carbonyl (C=O) groups excluding carboxylic acids is 3. The minimum atomic E-state index is -0.559. The van der Waals surface area contributed by atoms with E-state index in [0.717, 1.165) is 12.8 Å². The molecule has 3 aromatic rings. The predicted octanol–water partition coefficient (Wildman–Crippen LogP) is 6.65. The van der Waals surface area contributed by atoms with E-state index >= 15 is 0 Å². The summed E-state index contributed by atoms with van der Waals surface area (Å²) < 4.78 is 11.3. The number of allylic oxidation sites excluding steroid dienone is 1. The van der Waals surface area contributed by atoms with Gasteiger partial charge in [-0.1, -0.05) is 39.0 Å². The van der Waals surface area contributed by atoms with Crippen molar-refractivity contribution in [1.82, 2.24) is 9.97 Å². The Hall–Kier alpha value is -4.37. The number of pyridine rings is 1. The number of benzene rings is 1. The van der Waals surface area contributed by atoms with Gasteiger partial charge in [-0.15, -0.1) is 0 Å². The van der Waals surface area contributed by atoms with Crippen LogP contribution < -0.4 is 10.3 Å². The van der Waals surface area contributed by atoms with Crippen LogP contribution in [0.25, 0.3) is 6.08 Å². The maximum absolute atomic E-state index is 13.6. The summed E-state index contributed by atoms with van der Waals surface area (Å²) in [5.41, 5.74) is 2.98. The maximum Gasteiger partial charge on any atom is 0.340 e. The molecule has 10 nitrogen and oxygen atoms in total. The summed E-state index contributed by atoms with van der Waals surface area (Å²) in [4.78, 5) is 51.6. The number of hydrogen-bond acceptors (Lipinski definition) is 8. The van der Waals surface area contributed by atoms with E-state index < -0.39 is 11.9 Å². The van der Waals surface area contributed by atoms with Gasteiger partial charge in [-0.25, -0.2) is 14.6 Å². The van der Waals surface area contributed by atoms with Crippen molar-refractivity contribution in [3.05, 3.63) is 94.1 Å². The molecule has 11 heteroatoms. The van der Waals surface area contributed by atoms with Crippen LogP contribution in [0.3, 0.4) is 0 Å². The van der Waals surface area contributed by atoms with Gasteiger partial charge in [0.25, 0.3) is 0 Å². The number of carbonyl (C=O) groups is 3. The van der Waals surface area contributed by atoms with E-state index in [1.54, 1.807) is 57.4 Å². The molecule has 48 heavy (non-hydrogen) atoms. The Balaban J connectivity index is 0.000000804. The molecular weight excluding hydrogens is 662 g/mol. The van der Waals surface area contributed by atoms with Crippen molar-refractivity contribution in [1.29, 1.82) is 0 Å². The largest absolute Gasteiger partial charge is 0.507 e. The number of phenolic OH excluding ortho intramolecular Hbond substituents is 1. The van der Waals surface area contributed by atoms with Crippen LogP contribution in [0, 0.1) is 24.7 Å². The Bertz CT molecular complexity index is 1670. The van der Waals surface area contributed by atoms with Gasteiger partial charge in [0.05, 0.1) is 29.2 Å². The third-order valence-corrected chi connectivity index (χ3v) is 8.35. The Morgan fingerprint density at radius 3 is 2.19 bits per heavy atom. The number of nitrogens with zero attached hydrogens (tertiary/aromatic N) is 3. The van der Waals surface area contributed by atoms with E-state index in [2.05, 4.69) is 41.0 Å². The summed E-state index contributed by atoms with van der Waals surface area (Å²) in [7, 11) is 0. The molecule has 1 fully saturated rings. The van der Waals surface area contributed by atoms with Crippen molar-refractivity contribution in [2.45, 2.75) is 67.4 Å². The summed E-state index contributed by atoms with van der Waals surface area (Å²) in [5.74, 6) is -0.388. The van der Waals surface area contributed by atoms with Crippen LogP contribution in [0.1, 0.15) is 81.6 Å². The maximum atomic E-state index is 13.6. The monoisotopic (exact) mass is 703 g/mol. The molecule has 5 rings (SSSR count). The minimum absolute atomic E-state index is 0. The van der Waals surface area contributed by atoms with Gasteiger partial charge >= 0.3 is 11.9 Å². The molecule has 0 spiro atoms. The van der Waals surface area contributed by atoms with Gasteiger partial charge in [0, 0.05) is 37.4 Å². The molecule has 2 N–H and O–H groups in total. The fraction of sp³-hybridized carbons (Fsp3) is 0.378. The van der Waals surface area contributed by atoms with Crippen LogP contribution in [0.2, 0.25) is 0 Å². The number of hydrogen-bond donors (Lipinski definition) is 2. The van der Waals surface area contributed by atoms with E-state index in [1.807, 2.05) is 18.2 Å². The molecule has 0 saturated heterocycles. The van der Waals surface area contributed by atoms with Gasteiger partial charge in [0.1, 0.15) is 17.8 Å². The SMILES string of the molecule is CCOC(=O)C1=C(C)/C(=C/c2[n-]c(NC(C)=O)c(C(=O)OC3C(C)CC(C)CC3C)c2C)N=C1c1ccccc1O.[Zn].c1ccncc1. The molecule has 3 heterocycles. The molecule has 1 amide bonds. The van der Waals surface area contributed by atoms with Gasteiger partial charge in [0.2, 0.25) is 0 Å². The average molecular weight is 705 g/mol. The third kappa shape index (κ3) is 8.95. The van der Waals surface area contributed by atoms with Gasteiger partial charge < -0.3 is 24.9 Å². The second kappa shape index (κ2) is 17.2. The summed E-state index contributed by atoms with van der Waals surface area (Å²) >= 11 is 0. The fourth-order valence-electron chi connectivity index (χ4n) is 6.29. The van der Waals surface area contributed by atoms with Crippen molar-refractivity contribution >= 4 is 35.5 Å². The van der Waals surface area contributed by atoms with E-state index in [1.165, 1.54) is 13.0 Å². The fourth-order valence-corrected chi connectivity index (χ4v) is 6.29. The topological polar surface area (TPSA) is 141 Å². The van der Waals surface area contributed by atoms with Crippen LogP contribution in [-0.4, -0.2) is 46.4 Å². The quantitative estimate of drug-likeness (QED) is 0.206. The molecule has 2 atom stereocenters. The first-order valence-corrected chi connectivity index (χ1v) is 15.9. The summed E-state index contributed by atoms with van der Waals surface area (Å²) in [6.07, 6.45) is 6.87. The van der Waals surface area contributed by atoms with Crippen LogP contribution in [-0.2, 0) is 38.5 Å². The molecule has 2 aliphatic rings. The molecule has 0 bridgehead atoms. The van der Waals surface area contributed by atoms with Crippen LogP contribution in [0.5, 0.6) is 5.75 Å². The molecule has 1 aliphatic carbocycles. The van der Waals surface area contributed by atoms with Gasteiger partial charge in [-0.2, -0.15) is 0 Å². The van der Waals surface area contributed by atoms with Crippen molar-refractivity contribution < 1.29 is 48.4 Å². The number of aromatic hydroxyl groups is 1. The van der Waals surface area contributed by atoms with Gasteiger partial charge in [0.15, 0.2) is 0 Å². The Kier molecular flexibility index (Phi) is 13.6. The van der Waals surface area contributed by atoms with Crippen molar-refractivity contribution in [2.75, 3.05) is 11.9 Å². The zero-order valence-corrected chi connectivity index (χ0v) is 31.7. The van der Waals surface area contributed by atoms with Gasteiger partial charge in [-0.05, 0) is 111 Å².